The van der Waals surface area contributed by atoms with E-state index in [1.54, 1.807) is 32.2 Å². The Kier molecular flexibility index (Phi) is 2.62. The molecule has 0 aliphatic heterocycles. The predicted octanol–water partition coefficient (Wildman–Crippen LogP) is 0.912. The summed E-state index contributed by atoms with van der Waals surface area (Å²) in [5.74, 6) is -0.535. The highest BCUT2D eigenvalue weighted by atomic mass is 16.4. The molecule has 1 unspecified atom stereocenters. The van der Waals surface area contributed by atoms with Gasteiger partial charge >= 0.3 is 5.76 Å². The summed E-state index contributed by atoms with van der Waals surface area (Å²) in [4.78, 5) is 25.3. The van der Waals surface area contributed by atoms with Crippen LogP contribution < -0.4 is 11.1 Å². The fourth-order valence-corrected chi connectivity index (χ4v) is 1.49. The molecule has 16 heavy (non-hydrogen) atoms. The Bertz CT molecular complexity index is 582. The van der Waals surface area contributed by atoms with E-state index in [2.05, 4.69) is 10.3 Å². The quantitative estimate of drug-likeness (QED) is 0.754. The van der Waals surface area contributed by atoms with E-state index in [4.69, 9.17) is 4.42 Å². The smallest absolute Gasteiger partial charge is 0.408 e. The standard InChI is InChI=1S/C11H12N2O3/c1-6(12-2)10(14)7-3-4-9-8(5-7)13-11(15)16-9/h3-6,12H,1-2H3,(H,13,15). The van der Waals surface area contributed by atoms with E-state index in [0.29, 0.717) is 16.7 Å². The Balaban J connectivity index is 2.46. The number of ketones is 1. The molecule has 0 amide bonds. The van der Waals surface area contributed by atoms with Crippen molar-refractivity contribution in [3.63, 3.8) is 0 Å². The van der Waals surface area contributed by atoms with Crippen molar-refractivity contribution in [2.45, 2.75) is 13.0 Å². The Morgan fingerprint density at radius 1 is 1.50 bits per heavy atom. The van der Waals surface area contributed by atoms with Crippen LogP contribution in [-0.4, -0.2) is 23.9 Å². The van der Waals surface area contributed by atoms with Gasteiger partial charge in [-0.3, -0.25) is 9.78 Å². The third-order valence-corrected chi connectivity index (χ3v) is 2.53. The van der Waals surface area contributed by atoms with Gasteiger partial charge < -0.3 is 9.73 Å². The Morgan fingerprint density at radius 3 is 2.94 bits per heavy atom. The molecule has 1 aromatic heterocycles. The third kappa shape index (κ3) is 1.77. The van der Waals surface area contributed by atoms with E-state index < -0.39 is 5.76 Å². The average molecular weight is 220 g/mol. The number of fused-ring (bicyclic) bond motifs is 1. The van der Waals surface area contributed by atoms with E-state index in [1.807, 2.05) is 0 Å². The molecule has 0 aliphatic rings. The van der Waals surface area contributed by atoms with E-state index in [1.165, 1.54) is 0 Å². The van der Waals surface area contributed by atoms with Crippen LogP contribution in [-0.2, 0) is 0 Å². The molecule has 0 aliphatic carbocycles. The second-order valence-corrected chi connectivity index (χ2v) is 3.60. The van der Waals surface area contributed by atoms with Gasteiger partial charge in [0.25, 0.3) is 0 Å². The highest BCUT2D eigenvalue weighted by Gasteiger charge is 2.14. The zero-order valence-electron chi connectivity index (χ0n) is 9.03. The second-order valence-electron chi connectivity index (χ2n) is 3.60. The van der Waals surface area contributed by atoms with Crippen molar-refractivity contribution in [1.82, 2.24) is 10.3 Å². The van der Waals surface area contributed by atoms with Crippen LogP contribution in [0.25, 0.3) is 11.1 Å². The van der Waals surface area contributed by atoms with Gasteiger partial charge in [0.15, 0.2) is 11.4 Å². The molecule has 5 heteroatoms. The first-order chi connectivity index (χ1) is 7.61. The van der Waals surface area contributed by atoms with Crippen LogP contribution in [0.4, 0.5) is 0 Å². The van der Waals surface area contributed by atoms with E-state index in [0.717, 1.165) is 0 Å². The van der Waals surface area contributed by atoms with Crippen LogP contribution in [0.15, 0.2) is 27.4 Å². The maximum atomic E-state index is 11.8. The molecule has 0 radical (unpaired) electrons. The van der Waals surface area contributed by atoms with Crippen molar-refractivity contribution in [3.05, 3.63) is 34.3 Å². The molecule has 1 aromatic carbocycles. The van der Waals surface area contributed by atoms with Crippen LogP contribution in [0, 0.1) is 0 Å². The first-order valence-corrected chi connectivity index (χ1v) is 4.96. The van der Waals surface area contributed by atoms with Crippen molar-refractivity contribution < 1.29 is 9.21 Å². The summed E-state index contributed by atoms with van der Waals surface area (Å²) in [5.41, 5.74) is 1.55. The van der Waals surface area contributed by atoms with Crippen molar-refractivity contribution in [1.29, 1.82) is 0 Å². The molecule has 0 saturated heterocycles. The lowest BCUT2D eigenvalue weighted by Crippen LogP contribution is -2.30. The van der Waals surface area contributed by atoms with E-state index in [9.17, 15) is 9.59 Å². The molecule has 2 aromatic rings. The zero-order chi connectivity index (χ0) is 11.7. The Hall–Kier alpha value is -1.88. The van der Waals surface area contributed by atoms with Crippen molar-refractivity contribution in [2.75, 3.05) is 7.05 Å². The molecule has 1 heterocycles. The third-order valence-electron chi connectivity index (χ3n) is 2.53. The predicted molar refractivity (Wildman–Crippen MR) is 59.7 cm³/mol. The monoisotopic (exact) mass is 220 g/mol. The van der Waals surface area contributed by atoms with Gasteiger partial charge in [-0.25, -0.2) is 4.79 Å². The first kappa shape index (κ1) is 10.6. The molecule has 0 fully saturated rings. The molecule has 2 rings (SSSR count). The largest absolute Gasteiger partial charge is 0.417 e. The van der Waals surface area contributed by atoms with Gasteiger partial charge in [-0.1, -0.05) is 0 Å². The number of carbonyl (C=O) groups is 1. The molecule has 0 saturated carbocycles. The van der Waals surface area contributed by atoms with Crippen LogP contribution in [0.1, 0.15) is 17.3 Å². The molecular weight excluding hydrogens is 208 g/mol. The molecule has 1 atom stereocenters. The molecular formula is C11H12N2O3. The molecule has 0 spiro atoms. The maximum absolute atomic E-state index is 11.8. The second kappa shape index (κ2) is 3.94. The molecule has 2 N–H and O–H groups in total. The molecule has 84 valence electrons. The molecule has 0 bridgehead atoms. The first-order valence-electron chi connectivity index (χ1n) is 4.96. The number of Topliss-reactive ketones (excluding diaryl/α,β-unsaturated/α-hetero) is 1. The number of likely N-dealkylation sites (N-methyl/N-ethyl adjacent to an activating group) is 1. The summed E-state index contributed by atoms with van der Waals surface area (Å²) >= 11 is 0. The highest BCUT2D eigenvalue weighted by Crippen LogP contribution is 2.13. The number of hydrogen-bond acceptors (Lipinski definition) is 4. The number of hydrogen-bond donors (Lipinski definition) is 2. The maximum Gasteiger partial charge on any atom is 0.417 e. The highest BCUT2D eigenvalue weighted by molar-refractivity contribution is 6.01. The number of carbonyl (C=O) groups excluding carboxylic acids is 1. The average Bonchev–Trinajstić information content (AvgIpc) is 2.65. The van der Waals surface area contributed by atoms with Gasteiger partial charge in [0, 0.05) is 5.56 Å². The fraction of sp³-hybridized carbons (Fsp3) is 0.273. The number of H-pyrrole nitrogens is 1. The summed E-state index contributed by atoms with van der Waals surface area (Å²) in [5, 5.41) is 2.87. The van der Waals surface area contributed by atoms with E-state index in [-0.39, 0.29) is 11.8 Å². The fourth-order valence-electron chi connectivity index (χ4n) is 1.49. The lowest BCUT2D eigenvalue weighted by Gasteiger charge is -2.08. The Morgan fingerprint density at radius 2 is 2.25 bits per heavy atom. The summed E-state index contributed by atoms with van der Waals surface area (Å²) < 4.78 is 4.85. The number of benzene rings is 1. The lowest BCUT2D eigenvalue weighted by molar-refractivity contribution is 0.0955. The SMILES string of the molecule is CNC(C)C(=O)c1ccc2oc(=O)[nH]c2c1. The summed E-state index contributed by atoms with van der Waals surface area (Å²) in [6.45, 7) is 1.78. The lowest BCUT2D eigenvalue weighted by atomic mass is 10.1. The summed E-state index contributed by atoms with van der Waals surface area (Å²) in [7, 11) is 1.72. The van der Waals surface area contributed by atoms with Crippen LogP contribution in [0.5, 0.6) is 0 Å². The number of rotatable bonds is 3. The minimum Gasteiger partial charge on any atom is -0.408 e. The van der Waals surface area contributed by atoms with Crippen LogP contribution >= 0.6 is 0 Å². The van der Waals surface area contributed by atoms with Crippen LogP contribution in [0.3, 0.4) is 0 Å². The minimum atomic E-state index is -0.513. The van der Waals surface area contributed by atoms with E-state index >= 15 is 0 Å². The molecule has 5 nitrogen and oxygen atoms in total. The summed E-state index contributed by atoms with van der Waals surface area (Å²) in [6, 6.07) is 4.63. The Labute approximate surface area is 91.5 Å². The van der Waals surface area contributed by atoms with Crippen LogP contribution in [0.2, 0.25) is 0 Å². The van der Waals surface area contributed by atoms with Gasteiger partial charge in [0.05, 0.1) is 11.6 Å². The number of oxazole rings is 1. The normalized spacial score (nSPS) is 12.9. The number of nitrogens with one attached hydrogen (secondary N) is 2. The van der Waals surface area contributed by atoms with Crippen molar-refractivity contribution in [3.8, 4) is 0 Å². The number of aromatic amines is 1. The van der Waals surface area contributed by atoms with Crippen molar-refractivity contribution >= 4 is 16.9 Å². The van der Waals surface area contributed by atoms with Gasteiger partial charge in [-0.15, -0.1) is 0 Å². The van der Waals surface area contributed by atoms with Gasteiger partial charge in [0.2, 0.25) is 0 Å². The summed E-state index contributed by atoms with van der Waals surface area (Å²) in [6.07, 6.45) is 0. The minimum absolute atomic E-state index is 0.0218. The van der Waals surface area contributed by atoms with Gasteiger partial charge in [-0.05, 0) is 32.2 Å². The van der Waals surface area contributed by atoms with Gasteiger partial charge in [-0.2, -0.15) is 0 Å². The van der Waals surface area contributed by atoms with Gasteiger partial charge in [0.1, 0.15) is 0 Å². The topological polar surface area (TPSA) is 75.1 Å². The van der Waals surface area contributed by atoms with Crippen molar-refractivity contribution in [2.24, 2.45) is 0 Å². The zero-order valence-corrected chi connectivity index (χ0v) is 9.03. The number of aromatic nitrogens is 1.